The van der Waals surface area contributed by atoms with Gasteiger partial charge in [0.2, 0.25) is 11.8 Å². The van der Waals surface area contributed by atoms with Crippen molar-refractivity contribution >= 4 is 29.1 Å². The van der Waals surface area contributed by atoms with E-state index in [2.05, 4.69) is 0 Å². The molecule has 112 valence electrons. The fourth-order valence-electron chi connectivity index (χ4n) is 2.77. The number of likely N-dealkylation sites (tertiary alicyclic amines) is 1. The molecule has 0 aliphatic carbocycles. The first-order valence-electron chi connectivity index (χ1n) is 7.03. The second kappa shape index (κ2) is 5.56. The molecule has 1 aromatic carbocycles. The van der Waals surface area contributed by atoms with Gasteiger partial charge < -0.3 is 14.5 Å². The van der Waals surface area contributed by atoms with Crippen molar-refractivity contribution in [3.8, 4) is 5.75 Å². The molecular formula is C15H17ClN2O3. The van der Waals surface area contributed by atoms with Gasteiger partial charge in [-0.1, -0.05) is 11.6 Å². The van der Waals surface area contributed by atoms with Gasteiger partial charge in [-0.25, -0.2) is 0 Å². The quantitative estimate of drug-likeness (QED) is 0.857. The summed E-state index contributed by atoms with van der Waals surface area (Å²) < 4.78 is 5.29. The summed E-state index contributed by atoms with van der Waals surface area (Å²) in [5.41, 5.74) is 0.633. The maximum Gasteiger partial charge on any atom is 0.228 e. The van der Waals surface area contributed by atoms with Crippen LogP contribution in [-0.2, 0) is 9.59 Å². The van der Waals surface area contributed by atoms with Crippen molar-refractivity contribution in [2.45, 2.75) is 12.8 Å². The van der Waals surface area contributed by atoms with Crippen molar-refractivity contribution in [2.75, 3.05) is 31.6 Å². The highest BCUT2D eigenvalue weighted by Crippen LogP contribution is 2.35. The molecule has 5 nitrogen and oxygen atoms in total. The SMILES string of the molecule is COc1ccc(Cl)cc1N1CC(C(=O)N2CCC2)CC1=O. The average molecular weight is 309 g/mol. The predicted molar refractivity (Wildman–Crippen MR) is 79.7 cm³/mol. The smallest absolute Gasteiger partial charge is 0.228 e. The predicted octanol–water partition coefficient (Wildman–Crippen LogP) is 1.93. The number of anilines is 1. The van der Waals surface area contributed by atoms with Gasteiger partial charge in [-0.15, -0.1) is 0 Å². The maximum absolute atomic E-state index is 12.3. The molecule has 0 N–H and O–H groups in total. The highest BCUT2D eigenvalue weighted by Gasteiger charge is 2.39. The van der Waals surface area contributed by atoms with Crippen LogP contribution in [0.5, 0.6) is 5.75 Å². The number of hydrogen-bond donors (Lipinski definition) is 0. The summed E-state index contributed by atoms with van der Waals surface area (Å²) in [5.74, 6) is 0.346. The maximum atomic E-state index is 12.3. The van der Waals surface area contributed by atoms with Crippen LogP contribution in [0.15, 0.2) is 18.2 Å². The lowest BCUT2D eigenvalue weighted by Crippen LogP contribution is -2.45. The van der Waals surface area contributed by atoms with Gasteiger partial charge in [-0.05, 0) is 24.6 Å². The molecule has 2 aliphatic heterocycles. The number of ether oxygens (including phenoxy) is 1. The molecule has 6 heteroatoms. The van der Waals surface area contributed by atoms with E-state index in [4.69, 9.17) is 16.3 Å². The molecule has 1 unspecified atom stereocenters. The number of amides is 2. The van der Waals surface area contributed by atoms with E-state index in [-0.39, 0.29) is 24.2 Å². The molecule has 0 bridgehead atoms. The first-order chi connectivity index (χ1) is 10.1. The van der Waals surface area contributed by atoms with Crippen molar-refractivity contribution in [1.29, 1.82) is 0 Å². The Morgan fingerprint density at radius 2 is 2.14 bits per heavy atom. The number of methoxy groups -OCH3 is 1. The summed E-state index contributed by atoms with van der Waals surface area (Å²) in [7, 11) is 1.55. The fourth-order valence-corrected chi connectivity index (χ4v) is 2.94. The third-order valence-corrected chi connectivity index (χ3v) is 4.31. The second-order valence-corrected chi connectivity index (χ2v) is 5.84. The van der Waals surface area contributed by atoms with Crippen molar-refractivity contribution < 1.29 is 14.3 Å². The number of hydrogen-bond acceptors (Lipinski definition) is 3. The van der Waals surface area contributed by atoms with E-state index in [1.165, 1.54) is 0 Å². The van der Waals surface area contributed by atoms with Crippen LogP contribution in [-0.4, -0.2) is 43.5 Å². The summed E-state index contributed by atoms with van der Waals surface area (Å²) >= 11 is 6.01. The Hall–Kier alpha value is -1.75. The molecule has 2 aliphatic rings. The minimum Gasteiger partial charge on any atom is -0.495 e. The monoisotopic (exact) mass is 308 g/mol. The van der Waals surface area contributed by atoms with Crippen LogP contribution in [0.3, 0.4) is 0 Å². The molecule has 0 aromatic heterocycles. The molecule has 3 rings (SSSR count). The first kappa shape index (κ1) is 14.2. The summed E-state index contributed by atoms with van der Waals surface area (Å²) in [6.45, 7) is 2.01. The van der Waals surface area contributed by atoms with Gasteiger partial charge >= 0.3 is 0 Å². The largest absolute Gasteiger partial charge is 0.495 e. The molecule has 0 saturated carbocycles. The van der Waals surface area contributed by atoms with E-state index in [1.807, 2.05) is 4.90 Å². The van der Waals surface area contributed by atoms with Crippen LogP contribution in [0.1, 0.15) is 12.8 Å². The third kappa shape index (κ3) is 2.58. The Morgan fingerprint density at radius 1 is 1.38 bits per heavy atom. The van der Waals surface area contributed by atoms with Crippen molar-refractivity contribution in [3.05, 3.63) is 23.2 Å². The number of carbonyl (C=O) groups excluding carboxylic acids is 2. The number of halogens is 1. The summed E-state index contributed by atoms with van der Waals surface area (Å²) in [6.07, 6.45) is 1.31. The number of carbonyl (C=O) groups is 2. The molecule has 1 atom stereocenters. The van der Waals surface area contributed by atoms with E-state index in [0.29, 0.717) is 23.0 Å². The highest BCUT2D eigenvalue weighted by atomic mass is 35.5. The van der Waals surface area contributed by atoms with Crippen LogP contribution in [0.4, 0.5) is 5.69 Å². The lowest BCUT2D eigenvalue weighted by Gasteiger charge is -2.33. The molecule has 2 saturated heterocycles. The van der Waals surface area contributed by atoms with Crippen LogP contribution in [0, 0.1) is 5.92 Å². The van der Waals surface area contributed by atoms with Crippen molar-refractivity contribution in [2.24, 2.45) is 5.92 Å². The van der Waals surface area contributed by atoms with Crippen molar-refractivity contribution in [1.82, 2.24) is 4.90 Å². The first-order valence-corrected chi connectivity index (χ1v) is 7.40. The number of rotatable bonds is 3. The number of nitrogens with zero attached hydrogens (tertiary/aromatic N) is 2. The van der Waals surface area contributed by atoms with Crippen LogP contribution < -0.4 is 9.64 Å². The van der Waals surface area contributed by atoms with Gasteiger partial charge in [0.1, 0.15) is 5.75 Å². The summed E-state index contributed by atoms with van der Waals surface area (Å²) in [4.78, 5) is 27.9. The van der Waals surface area contributed by atoms with Gasteiger partial charge in [-0.2, -0.15) is 0 Å². The lowest BCUT2D eigenvalue weighted by molar-refractivity contribution is -0.139. The lowest BCUT2D eigenvalue weighted by atomic mass is 10.0. The van der Waals surface area contributed by atoms with E-state index < -0.39 is 0 Å². The van der Waals surface area contributed by atoms with Gasteiger partial charge in [0.05, 0.1) is 18.7 Å². The van der Waals surface area contributed by atoms with Gasteiger partial charge in [0.15, 0.2) is 0 Å². The van der Waals surface area contributed by atoms with Crippen LogP contribution in [0.25, 0.3) is 0 Å². The minimum absolute atomic E-state index is 0.0607. The average Bonchev–Trinajstić information content (AvgIpc) is 2.78. The van der Waals surface area contributed by atoms with E-state index in [0.717, 1.165) is 19.5 Å². The van der Waals surface area contributed by atoms with E-state index in [9.17, 15) is 9.59 Å². The summed E-state index contributed by atoms with van der Waals surface area (Å²) in [5, 5.41) is 0.538. The molecule has 2 heterocycles. The Balaban J connectivity index is 1.81. The molecule has 2 amide bonds. The zero-order chi connectivity index (χ0) is 15.0. The Kier molecular flexibility index (Phi) is 3.76. The molecular weight excluding hydrogens is 292 g/mol. The topological polar surface area (TPSA) is 49.9 Å². The van der Waals surface area contributed by atoms with Gasteiger partial charge in [0, 0.05) is 31.1 Å². The van der Waals surface area contributed by atoms with Crippen LogP contribution in [0.2, 0.25) is 5.02 Å². The Morgan fingerprint density at radius 3 is 2.76 bits per heavy atom. The zero-order valence-corrected chi connectivity index (χ0v) is 12.6. The normalized spacial score (nSPS) is 21.4. The highest BCUT2D eigenvalue weighted by molar-refractivity contribution is 6.31. The zero-order valence-electron chi connectivity index (χ0n) is 11.8. The van der Waals surface area contributed by atoms with Gasteiger partial charge in [0.25, 0.3) is 0 Å². The molecule has 0 radical (unpaired) electrons. The molecule has 2 fully saturated rings. The molecule has 0 spiro atoms. The molecule has 1 aromatic rings. The molecule has 21 heavy (non-hydrogen) atoms. The Labute approximate surface area is 128 Å². The second-order valence-electron chi connectivity index (χ2n) is 5.40. The van der Waals surface area contributed by atoms with Crippen molar-refractivity contribution in [3.63, 3.8) is 0 Å². The van der Waals surface area contributed by atoms with E-state index >= 15 is 0 Å². The van der Waals surface area contributed by atoms with Crippen LogP contribution >= 0.6 is 11.6 Å². The number of benzene rings is 1. The Bertz CT molecular complexity index is 586. The minimum atomic E-state index is -0.263. The fraction of sp³-hybridized carbons (Fsp3) is 0.467. The van der Waals surface area contributed by atoms with Gasteiger partial charge in [-0.3, -0.25) is 9.59 Å². The third-order valence-electron chi connectivity index (χ3n) is 4.07. The standard InChI is InChI=1S/C15H17ClN2O3/c1-21-13-4-3-11(16)8-12(13)18-9-10(7-14(18)19)15(20)17-5-2-6-17/h3-4,8,10H,2,5-7,9H2,1H3. The summed E-state index contributed by atoms with van der Waals surface area (Å²) in [6, 6.07) is 5.15. The van der Waals surface area contributed by atoms with E-state index in [1.54, 1.807) is 30.2 Å².